The highest BCUT2D eigenvalue weighted by Gasteiger charge is 2.54. The fourth-order valence-electron chi connectivity index (χ4n) is 5.91. The monoisotopic (exact) mass is 699 g/mol. The minimum atomic E-state index is -6.33. The number of carbonyl (C=O) groups is 2. The summed E-state index contributed by atoms with van der Waals surface area (Å²) in [7, 11) is -6.33. The third-order valence-electron chi connectivity index (χ3n) is 7.74. The van der Waals surface area contributed by atoms with Gasteiger partial charge in [0.1, 0.15) is 6.61 Å². The van der Waals surface area contributed by atoms with Crippen molar-refractivity contribution in [2.45, 2.75) is 30.2 Å². The van der Waals surface area contributed by atoms with Gasteiger partial charge in [-0.2, -0.15) is 8.78 Å². The number of rotatable bonds is 8. The van der Waals surface area contributed by atoms with Gasteiger partial charge in [-0.15, -0.1) is 0 Å². The Balaban J connectivity index is 1.49. The fraction of sp³-hybridized carbons (Fsp3) is 0.310. The molecular formula is C29H23F3IO7S-. The Kier molecular flexibility index (Phi) is 7.94. The van der Waals surface area contributed by atoms with Gasteiger partial charge in [0.2, 0.25) is 6.17 Å². The van der Waals surface area contributed by atoms with E-state index in [1.807, 2.05) is 42.5 Å². The summed E-state index contributed by atoms with van der Waals surface area (Å²) in [5.74, 6) is -4.56. The summed E-state index contributed by atoms with van der Waals surface area (Å²) < 4.78 is 85.8. The molecule has 0 aliphatic heterocycles. The Morgan fingerprint density at radius 3 is 2.00 bits per heavy atom. The van der Waals surface area contributed by atoms with Gasteiger partial charge in [0, 0.05) is 21.3 Å². The average molecular weight is 699 g/mol. The number of hydrogen-bond donors (Lipinski definition) is 0. The maximum atomic E-state index is 14.2. The van der Waals surface area contributed by atoms with Crippen molar-refractivity contribution in [1.29, 1.82) is 0 Å². The van der Waals surface area contributed by atoms with E-state index in [-0.39, 0.29) is 6.61 Å². The lowest BCUT2D eigenvalue weighted by atomic mass is 9.54. The van der Waals surface area contributed by atoms with Crippen LogP contribution in [0.25, 0.3) is 0 Å². The van der Waals surface area contributed by atoms with Crippen LogP contribution in [0, 0.1) is 22.3 Å². The van der Waals surface area contributed by atoms with Crippen molar-refractivity contribution < 1.29 is 45.2 Å². The van der Waals surface area contributed by atoms with E-state index in [2.05, 4.69) is 22.6 Å². The third-order valence-corrected chi connectivity index (χ3v) is 9.33. The number of fused-ring (bicyclic) bond motifs is 1. The molecular weight excluding hydrogens is 676 g/mol. The van der Waals surface area contributed by atoms with E-state index in [1.54, 1.807) is 31.2 Å². The second kappa shape index (κ2) is 11.0. The highest BCUT2D eigenvalue weighted by atomic mass is 127. The number of benzene rings is 3. The standard InChI is InChI=1S/C29H24F3IO7S/c1-15-12-16(33)10-11-17(15)27(34)39-13-22-24-18-6-2-4-8-20(18)25(21-9-5-3-7-19(21)24)26(22)28(35)40-14-23(30)29(31,32)41(36,37)38/h2-12,22-26H,13-14H2,1H3,(H,36,37,38)/p-1. The first-order chi connectivity index (χ1) is 19.3. The van der Waals surface area contributed by atoms with Crippen LogP contribution in [0.1, 0.15) is 50.0 Å². The molecule has 0 N–H and O–H groups in total. The van der Waals surface area contributed by atoms with E-state index in [4.69, 9.17) is 9.47 Å². The molecule has 0 radical (unpaired) electrons. The molecule has 6 rings (SSSR count). The maximum absolute atomic E-state index is 14.2. The van der Waals surface area contributed by atoms with Gasteiger partial charge < -0.3 is 14.0 Å². The second-order valence-corrected chi connectivity index (χ2v) is 12.8. The van der Waals surface area contributed by atoms with Crippen molar-refractivity contribution in [3.63, 3.8) is 0 Å². The van der Waals surface area contributed by atoms with Crippen LogP contribution in [0.5, 0.6) is 0 Å². The summed E-state index contributed by atoms with van der Waals surface area (Å²) in [5, 5.41) is -5.28. The summed E-state index contributed by atoms with van der Waals surface area (Å²) in [6.07, 6.45) is -3.56. The molecule has 0 spiro atoms. The Hall–Kier alpha value is -2.97. The van der Waals surface area contributed by atoms with Crippen molar-refractivity contribution in [2.24, 2.45) is 11.8 Å². The number of halogens is 4. The van der Waals surface area contributed by atoms with Crippen molar-refractivity contribution in [3.8, 4) is 0 Å². The van der Waals surface area contributed by atoms with Crippen molar-refractivity contribution in [3.05, 3.63) is 104 Å². The number of esters is 2. The predicted molar refractivity (Wildman–Crippen MR) is 148 cm³/mol. The number of hydrogen-bond acceptors (Lipinski definition) is 7. The van der Waals surface area contributed by atoms with Crippen molar-refractivity contribution in [2.75, 3.05) is 13.2 Å². The zero-order valence-corrected chi connectivity index (χ0v) is 24.4. The maximum Gasteiger partial charge on any atom is 0.368 e. The van der Waals surface area contributed by atoms with Crippen LogP contribution in [0.4, 0.5) is 13.2 Å². The van der Waals surface area contributed by atoms with Gasteiger partial charge in [-0.05, 0) is 75.5 Å². The zero-order chi connectivity index (χ0) is 29.7. The largest absolute Gasteiger partial charge is 0.743 e. The topological polar surface area (TPSA) is 110 Å². The molecule has 3 aliphatic carbocycles. The molecule has 3 aromatic rings. The van der Waals surface area contributed by atoms with Crippen LogP contribution >= 0.6 is 22.6 Å². The molecule has 7 nitrogen and oxygen atoms in total. The molecule has 41 heavy (non-hydrogen) atoms. The molecule has 12 heteroatoms. The normalized spacial score (nSPS) is 21.9. The first-order valence-corrected chi connectivity index (χ1v) is 15.1. The molecule has 216 valence electrons. The quantitative estimate of drug-likeness (QED) is 0.179. The van der Waals surface area contributed by atoms with Gasteiger partial charge in [-0.3, -0.25) is 4.79 Å². The second-order valence-electron chi connectivity index (χ2n) is 10.1. The van der Waals surface area contributed by atoms with Gasteiger partial charge in [0.15, 0.2) is 10.1 Å². The van der Waals surface area contributed by atoms with Crippen molar-refractivity contribution >= 4 is 44.6 Å². The number of ether oxygens (including phenoxy) is 2. The van der Waals surface area contributed by atoms with Crippen LogP contribution in [-0.2, 0) is 24.4 Å². The molecule has 2 bridgehead atoms. The SMILES string of the molecule is Cc1cc(I)ccc1C(=O)OCC1C2c3ccccc3C(c3ccccc32)C1C(=O)OCC(F)C(F)(F)S(=O)(=O)[O-]. The van der Waals surface area contributed by atoms with E-state index >= 15 is 0 Å². The molecule has 0 aromatic heterocycles. The van der Waals surface area contributed by atoms with Crippen LogP contribution in [0.15, 0.2) is 66.7 Å². The molecule has 0 fully saturated rings. The van der Waals surface area contributed by atoms with Crippen LogP contribution in [0.3, 0.4) is 0 Å². The lowest BCUT2D eigenvalue weighted by Gasteiger charge is -2.49. The summed E-state index contributed by atoms with van der Waals surface area (Å²) in [5.41, 5.74) is 4.42. The Bertz CT molecular complexity index is 1580. The van der Waals surface area contributed by atoms with E-state index in [0.717, 1.165) is 25.8 Å². The van der Waals surface area contributed by atoms with Gasteiger partial charge in [-0.1, -0.05) is 48.5 Å². The average Bonchev–Trinajstić information content (AvgIpc) is 2.93. The molecule has 3 aliphatic rings. The van der Waals surface area contributed by atoms with Crippen LogP contribution in [-0.4, -0.2) is 49.5 Å². The lowest BCUT2D eigenvalue weighted by molar-refractivity contribution is -0.158. The van der Waals surface area contributed by atoms with Gasteiger partial charge >= 0.3 is 17.2 Å². The molecule has 3 aromatic carbocycles. The Morgan fingerprint density at radius 2 is 1.49 bits per heavy atom. The minimum absolute atomic E-state index is 0.238. The number of alkyl halides is 3. The van der Waals surface area contributed by atoms with E-state index in [1.165, 1.54) is 0 Å². The first kappa shape index (κ1) is 29.5. The van der Waals surface area contributed by atoms with E-state index in [0.29, 0.717) is 11.1 Å². The predicted octanol–water partition coefficient (Wildman–Crippen LogP) is 5.30. The summed E-state index contributed by atoms with van der Waals surface area (Å²) >= 11 is 2.12. The van der Waals surface area contributed by atoms with Gasteiger partial charge in [0.25, 0.3) is 0 Å². The third kappa shape index (κ3) is 5.25. The molecule has 0 amide bonds. The van der Waals surface area contributed by atoms with Crippen molar-refractivity contribution in [1.82, 2.24) is 0 Å². The van der Waals surface area contributed by atoms with Gasteiger partial charge in [0.05, 0.1) is 18.1 Å². The van der Waals surface area contributed by atoms with E-state index < -0.39 is 63.8 Å². The number of aryl methyl sites for hydroxylation is 1. The van der Waals surface area contributed by atoms with Gasteiger partial charge in [-0.25, -0.2) is 17.6 Å². The van der Waals surface area contributed by atoms with E-state index in [9.17, 15) is 35.7 Å². The molecule has 0 saturated heterocycles. The zero-order valence-electron chi connectivity index (χ0n) is 21.4. The highest BCUT2D eigenvalue weighted by molar-refractivity contribution is 14.1. The summed E-state index contributed by atoms with van der Waals surface area (Å²) in [6, 6.07) is 19.9. The Morgan fingerprint density at radius 1 is 0.951 bits per heavy atom. The number of carbonyl (C=O) groups excluding carboxylic acids is 2. The summed E-state index contributed by atoms with van der Waals surface area (Å²) in [6.45, 7) is -0.115. The fourth-order valence-corrected chi connectivity index (χ4v) is 6.94. The first-order valence-electron chi connectivity index (χ1n) is 12.6. The van der Waals surface area contributed by atoms with Crippen LogP contribution < -0.4 is 0 Å². The Labute approximate surface area is 247 Å². The highest BCUT2D eigenvalue weighted by Crippen LogP contribution is 2.58. The smallest absolute Gasteiger partial charge is 0.368 e. The molecule has 3 unspecified atom stereocenters. The lowest BCUT2D eigenvalue weighted by Crippen LogP contribution is -2.47. The van der Waals surface area contributed by atoms with Crippen LogP contribution in [0.2, 0.25) is 0 Å². The minimum Gasteiger partial charge on any atom is -0.743 e. The summed E-state index contributed by atoms with van der Waals surface area (Å²) in [4.78, 5) is 26.6. The molecule has 3 atom stereocenters. The molecule has 0 heterocycles. The molecule has 0 saturated carbocycles.